The van der Waals surface area contributed by atoms with Gasteiger partial charge in [0.15, 0.2) is 17.1 Å². The van der Waals surface area contributed by atoms with Crippen molar-refractivity contribution >= 4 is 50.9 Å². The van der Waals surface area contributed by atoms with E-state index in [-0.39, 0.29) is 11.0 Å². The summed E-state index contributed by atoms with van der Waals surface area (Å²) in [6, 6.07) is 0. The third-order valence-corrected chi connectivity index (χ3v) is 2.97. The standard InChI is InChI=1S/C10H9Cl2N7/c1-5(12)7-15-9-6-4-14-18(3-2-11)8(6)16-10(13)19(9)17-7/h4H,1-3H2,(H2,13,16). The average Bonchev–Trinajstić information content (AvgIpc) is 2.95. The molecule has 3 aromatic rings. The maximum atomic E-state index is 5.86. The van der Waals surface area contributed by atoms with Crippen molar-refractivity contribution in [2.45, 2.75) is 6.54 Å². The molecule has 2 N–H and O–H groups in total. The van der Waals surface area contributed by atoms with E-state index in [0.29, 0.717) is 29.5 Å². The third-order valence-electron chi connectivity index (χ3n) is 2.64. The summed E-state index contributed by atoms with van der Waals surface area (Å²) in [5, 5.41) is 9.32. The molecule has 0 fully saturated rings. The number of fused-ring (bicyclic) bond motifs is 3. The van der Waals surface area contributed by atoms with Gasteiger partial charge in [0.1, 0.15) is 0 Å². The molecular weight excluding hydrogens is 289 g/mol. The maximum absolute atomic E-state index is 5.86. The number of anilines is 1. The van der Waals surface area contributed by atoms with E-state index in [1.165, 1.54) is 4.52 Å². The van der Waals surface area contributed by atoms with E-state index >= 15 is 0 Å². The molecule has 3 heterocycles. The Kier molecular flexibility index (Phi) is 2.79. The number of halogens is 2. The van der Waals surface area contributed by atoms with Crippen molar-refractivity contribution in [3.63, 3.8) is 0 Å². The molecule has 19 heavy (non-hydrogen) atoms. The van der Waals surface area contributed by atoms with Gasteiger partial charge in [-0.1, -0.05) is 18.2 Å². The van der Waals surface area contributed by atoms with Crippen LogP contribution in [0.25, 0.3) is 21.7 Å². The van der Waals surface area contributed by atoms with Crippen LogP contribution in [0.3, 0.4) is 0 Å². The summed E-state index contributed by atoms with van der Waals surface area (Å²) in [6.07, 6.45) is 1.65. The summed E-state index contributed by atoms with van der Waals surface area (Å²) >= 11 is 11.5. The molecule has 9 heteroatoms. The summed E-state index contributed by atoms with van der Waals surface area (Å²) < 4.78 is 3.08. The highest BCUT2D eigenvalue weighted by Gasteiger charge is 2.15. The Morgan fingerprint density at radius 2 is 2.16 bits per heavy atom. The molecule has 0 bridgehead atoms. The minimum absolute atomic E-state index is 0.204. The second-order valence-electron chi connectivity index (χ2n) is 3.84. The van der Waals surface area contributed by atoms with E-state index in [9.17, 15) is 0 Å². The van der Waals surface area contributed by atoms with Gasteiger partial charge < -0.3 is 5.73 Å². The number of aryl methyl sites for hydroxylation is 1. The van der Waals surface area contributed by atoms with Gasteiger partial charge >= 0.3 is 0 Å². The van der Waals surface area contributed by atoms with E-state index in [2.05, 4.69) is 26.7 Å². The fourth-order valence-corrected chi connectivity index (χ4v) is 2.06. The number of hydrogen-bond acceptors (Lipinski definition) is 5. The van der Waals surface area contributed by atoms with E-state index in [1.54, 1.807) is 10.9 Å². The van der Waals surface area contributed by atoms with Gasteiger partial charge in [-0.3, -0.25) is 0 Å². The lowest BCUT2D eigenvalue weighted by molar-refractivity contribution is 0.680. The van der Waals surface area contributed by atoms with Crippen molar-refractivity contribution in [2.24, 2.45) is 0 Å². The first-order valence-electron chi connectivity index (χ1n) is 5.40. The summed E-state index contributed by atoms with van der Waals surface area (Å²) in [5.74, 6) is 0.947. The predicted molar refractivity (Wildman–Crippen MR) is 74.1 cm³/mol. The molecule has 0 radical (unpaired) electrons. The maximum Gasteiger partial charge on any atom is 0.225 e. The minimum atomic E-state index is 0.204. The number of rotatable bonds is 3. The summed E-state index contributed by atoms with van der Waals surface area (Å²) in [6.45, 7) is 4.13. The van der Waals surface area contributed by atoms with Crippen molar-refractivity contribution in [1.29, 1.82) is 0 Å². The van der Waals surface area contributed by atoms with Crippen LogP contribution >= 0.6 is 23.2 Å². The van der Waals surface area contributed by atoms with Gasteiger partial charge in [-0.2, -0.15) is 14.6 Å². The monoisotopic (exact) mass is 297 g/mol. The minimum Gasteiger partial charge on any atom is -0.368 e. The molecule has 98 valence electrons. The van der Waals surface area contributed by atoms with Crippen LogP contribution < -0.4 is 5.73 Å². The lowest BCUT2D eigenvalue weighted by atomic mass is 10.4. The first kappa shape index (κ1) is 12.2. The molecule has 0 aromatic carbocycles. The Hall–Kier alpha value is -1.86. The van der Waals surface area contributed by atoms with Gasteiger partial charge in [-0.05, 0) is 0 Å². The summed E-state index contributed by atoms with van der Waals surface area (Å²) in [5.41, 5.74) is 7.02. The van der Waals surface area contributed by atoms with Crippen molar-refractivity contribution in [2.75, 3.05) is 11.6 Å². The summed E-state index contributed by atoms with van der Waals surface area (Å²) in [4.78, 5) is 8.55. The van der Waals surface area contributed by atoms with Crippen molar-refractivity contribution < 1.29 is 0 Å². The number of nitrogen functional groups attached to an aromatic ring is 1. The van der Waals surface area contributed by atoms with Gasteiger partial charge in [-0.25, -0.2) is 9.67 Å². The first-order chi connectivity index (χ1) is 9.11. The highest BCUT2D eigenvalue weighted by molar-refractivity contribution is 6.47. The number of nitrogens with two attached hydrogens (primary N) is 1. The molecule has 0 amide bonds. The molecule has 0 spiro atoms. The quantitative estimate of drug-likeness (QED) is 0.740. The Labute approximate surface area is 117 Å². The highest BCUT2D eigenvalue weighted by atomic mass is 35.5. The van der Waals surface area contributed by atoms with E-state index < -0.39 is 0 Å². The van der Waals surface area contributed by atoms with Crippen molar-refractivity contribution in [3.05, 3.63) is 18.6 Å². The zero-order valence-corrected chi connectivity index (χ0v) is 11.2. The predicted octanol–water partition coefficient (Wildman–Crippen LogP) is 1.50. The molecule has 7 nitrogen and oxygen atoms in total. The molecule has 0 unspecified atom stereocenters. The SMILES string of the molecule is C=C(Cl)c1nc2c3cnn(CCCl)c3nc(N)n2n1. The van der Waals surface area contributed by atoms with E-state index in [1.807, 2.05) is 0 Å². The van der Waals surface area contributed by atoms with Crippen LogP contribution in [0.5, 0.6) is 0 Å². The smallest absolute Gasteiger partial charge is 0.225 e. The lowest BCUT2D eigenvalue weighted by Crippen LogP contribution is -2.06. The topological polar surface area (TPSA) is 86.9 Å². The highest BCUT2D eigenvalue weighted by Crippen LogP contribution is 2.21. The third kappa shape index (κ3) is 1.82. The molecule has 3 rings (SSSR count). The van der Waals surface area contributed by atoms with Crippen LogP contribution in [0.15, 0.2) is 12.8 Å². The number of alkyl halides is 1. The Bertz CT molecular complexity index is 788. The zero-order valence-electron chi connectivity index (χ0n) is 9.72. The Morgan fingerprint density at radius 1 is 1.37 bits per heavy atom. The van der Waals surface area contributed by atoms with Crippen LogP contribution in [0.4, 0.5) is 5.95 Å². The van der Waals surface area contributed by atoms with Crippen LogP contribution in [0.2, 0.25) is 0 Å². The molecular formula is C10H9Cl2N7. The van der Waals surface area contributed by atoms with Gasteiger partial charge in [-0.15, -0.1) is 16.7 Å². The van der Waals surface area contributed by atoms with Crippen molar-refractivity contribution in [3.8, 4) is 0 Å². The van der Waals surface area contributed by atoms with Crippen LogP contribution in [-0.2, 0) is 6.54 Å². The van der Waals surface area contributed by atoms with E-state index in [0.717, 1.165) is 5.39 Å². The normalized spacial score (nSPS) is 11.5. The van der Waals surface area contributed by atoms with Crippen molar-refractivity contribution in [1.82, 2.24) is 29.4 Å². The Morgan fingerprint density at radius 3 is 2.84 bits per heavy atom. The van der Waals surface area contributed by atoms with Crippen LogP contribution in [0, 0.1) is 0 Å². The molecule has 3 aromatic heterocycles. The largest absolute Gasteiger partial charge is 0.368 e. The molecule has 0 atom stereocenters. The molecule has 0 aliphatic rings. The fraction of sp³-hybridized carbons (Fsp3) is 0.200. The average molecular weight is 298 g/mol. The molecule has 0 saturated carbocycles. The molecule has 0 aliphatic heterocycles. The first-order valence-corrected chi connectivity index (χ1v) is 6.31. The second-order valence-corrected chi connectivity index (χ2v) is 4.67. The van der Waals surface area contributed by atoms with E-state index in [4.69, 9.17) is 28.9 Å². The number of nitrogens with zero attached hydrogens (tertiary/aromatic N) is 6. The van der Waals surface area contributed by atoms with Gasteiger partial charge in [0.25, 0.3) is 0 Å². The van der Waals surface area contributed by atoms with Gasteiger partial charge in [0.05, 0.1) is 23.2 Å². The van der Waals surface area contributed by atoms with Gasteiger partial charge in [0.2, 0.25) is 5.95 Å². The Balaban J connectivity index is 2.36. The number of aromatic nitrogens is 6. The molecule has 0 saturated heterocycles. The number of hydrogen-bond donors (Lipinski definition) is 1. The lowest BCUT2D eigenvalue weighted by Gasteiger charge is -2.01. The molecule has 0 aliphatic carbocycles. The van der Waals surface area contributed by atoms with Gasteiger partial charge in [0, 0.05) is 5.88 Å². The summed E-state index contributed by atoms with van der Waals surface area (Å²) in [7, 11) is 0. The van der Waals surface area contributed by atoms with Crippen LogP contribution in [0.1, 0.15) is 5.82 Å². The fourth-order valence-electron chi connectivity index (χ4n) is 1.82. The van der Waals surface area contributed by atoms with Crippen LogP contribution in [-0.4, -0.2) is 35.2 Å². The zero-order chi connectivity index (χ0) is 13.6. The second kappa shape index (κ2) is 4.36.